The lowest BCUT2D eigenvalue weighted by atomic mass is 9.94. The van der Waals surface area contributed by atoms with Crippen molar-refractivity contribution in [3.8, 4) is 11.9 Å². The zero-order valence-electron chi connectivity index (χ0n) is 17.0. The minimum absolute atomic E-state index is 0.0265. The highest BCUT2D eigenvalue weighted by Gasteiger charge is 2.38. The second-order valence-corrected chi connectivity index (χ2v) is 7.53. The molecule has 1 aromatic heterocycles. The van der Waals surface area contributed by atoms with Crippen LogP contribution in [-0.2, 0) is 6.18 Å². The van der Waals surface area contributed by atoms with Gasteiger partial charge in [-0.05, 0) is 37.5 Å². The van der Waals surface area contributed by atoms with Crippen molar-refractivity contribution in [3.63, 3.8) is 0 Å². The van der Waals surface area contributed by atoms with Crippen LogP contribution < -0.4 is 5.56 Å². The summed E-state index contributed by atoms with van der Waals surface area (Å²) in [6.45, 7) is 1.43. The average Bonchev–Trinajstić information content (AvgIpc) is 2.74. The average molecular weight is 448 g/mol. The molecule has 0 aliphatic heterocycles. The van der Waals surface area contributed by atoms with Crippen LogP contribution in [0, 0.1) is 28.4 Å². The van der Waals surface area contributed by atoms with Gasteiger partial charge in [0.2, 0.25) is 5.88 Å². The highest BCUT2D eigenvalue weighted by Crippen LogP contribution is 2.38. The second kappa shape index (κ2) is 8.82. The minimum atomic E-state index is -4.96. The molecule has 1 aliphatic carbocycles. The maximum Gasteiger partial charge on any atom is 0.423 e. The van der Waals surface area contributed by atoms with Gasteiger partial charge in [0.1, 0.15) is 17.2 Å². The first kappa shape index (κ1) is 23.0. The van der Waals surface area contributed by atoms with Gasteiger partial charge >= 0.3 is 6.18 Å². The van der Waals surface area contributed by atoms with E-state index in [1.165, 1.54) is 6.92 Å². The Bertz CT molecular complexity index is 1190. The monoisotopic (exact) mass is 448 g/mol. The minimum Gasteiger partial charge on any atom is -0.494 e. The zero-order valence-corrected chi connectivity index (χ0v) is 17.0. The van der Waals surface area contributed by atoms with Gasteiger partial charge in [-0.3, -0.25) is 24.5 Å². The summed E-state index contributed by atoms with van der Waals surface area (Å²) in [5.74, 6) is -0.417. The van der Waals surface area contributed by atoms with Crippen molar-refractivity contribution in [1.29, 1.82) is 5.26 Å². The van der Waals surface area contributed by atoms with Gasteiger partial charge in [-0.15, -0.1) is 0 Å². The highest BCUT2D eigenvalue weighted by molar-refractivity contribution is 5.87. The van der Waals surface area contributed by atoms with E-state index in [0.717, 1.165) is 36.1 Å². The number of hydrogen-bond donors (Lipinski definition) is 1. The summed E-state index contributed by atoms with van der Waals surface area (Å²) in [7, 11) is 0. The molecule has 168 valence electrons. The van der Waals surface area contributed by atoms with E-state index in [9.17, 15) is 38.4 Å². The number of nitriles is 1. The Morgan fingerprint density at radius 1 is 1.31 bits per heavy atom. The first-order chi connectivity index (χ1) is 15.1. The van der Waals surface area contributed by atoms with Crippen LogP contribution in [0.3, 0.4) is 0 Å². The molecule has 1 fully saturated rings. The number of aromatic nitrogens is 1. The van der Waals surface area contributed by atoms with Crippen molar-refractivity contribution in [1.82, 2.24) is 4.57 Å². The van der Waals surface area contributed by atoms with Gasteiger partial charge < -0.3 is 5.11 Å². The Hall–Kier alpha value is -3.68. The number of aromatic hydroxyl groups is 1. The first-order valence-electron chi connectivity index (χ1n) is 9.84. The second-order valence-electron chi connectivity index (χ2n) is 7.53. The van der Waals surface area contributed by atoms with E-state index in [-0.39, 0.29) is 28.4 Å². The standard InChI is InChI=1S/C21H19F3N4O4/c1-12-15(10-25)19(29)27(14-5-3-2-4-6-14)20(30)16(12)11-26-13-7-8-18(28(31)32)17(9-13)21(22,23)24/h7-9,11,14,30H,2-6H2,1H3. The number of nitro benzene ring substituents is 1. The predicted octanol–water partition coefficient (Wildman–Crippen LogP) is 4.92. The quantitative estimate of drug-likeness (QED) is 0.404. The van der Waals surface area contributed by atoms with Crippen molar-refractivity contribution >= 4 is 17.6 Å². The number of nitrogens with zero attached hydrogens (tertiary/aromatic N) is 4. The molecule has 8 nitrogen and oxygen atoms in total. The summed E-state index contributed by atoms with van der Waals surface area (Å²) in [6, 6.07) is 3.80. The molecule has 11 heteroatoms. The van der Waals surface area contributed by atoms with Gasteiger partial charge in [0, 0.05) is 18.3 Å². The molecule has 3 rings (SSSR count). The maximum atomic E-state index is 13.2. The van der Waals surface area contributed by atoms with Gasteiger partial charge in [-0.2, -0.15) is 18.4 Å². The third-order valence-electron chi connectivity index (χ3n) is 5.56. The Balaban J connectivity index is 2.12. The molecule has 1 N–H and O–H groups in total. The van der Waals surface area contributed by atoms with Crippen LogP contribution in [-0.4, -0.2) is 20.8 Å². The third kappa shape index (κ3) is 4.34. The van der Waals surface area contributed by atoms with Crippen molar-refractivity contribution in [2.24, 2.45) is 4.99 Å². The molecule has 0 amide bonds. The normalized spacial score (nSPS) is 15.1. The van der Waals surface area contributed by atoms with Crippen molar-refractivity contribution in [3.05, 3.63) is 60.9 Å². The Labute approximate surface area is 180 Å². The lowest BCUT2D eigenvalue weighted by Crippen LogP contribution is -2.30. The van der Waals surface area contributed by atoms with Crippen LogP contribution in [0.5, 0.6) is 5.88 Å². The third-order valence-corrected chi connectivity index (χ3v) is 5.56. The highest BCUT2D eigenvalue weighted by atomic mass is 19.4. The molecule has 0 spiro atoms. The van der Waals surface area contributed by atoms with Gasteiger partial charge in [-0.25, -0.2) is 0 Å². The number of benzene rings is 1. The number of pyridine rings is 1. The number of aliphatic imine (C=N–C) groups is 1. The van der Waals surface area contributed by atoms with E-state index in [1.54, 1.807) is 0 Å². The van der Waals surface area contributed by atoms with Gasteiger partial charge in [-0.1, -0.05) is 19.3 Å². The molecule has 1 heterocycles. The molecule has 32 heavy (non-hydrogen) atoms. The van der Waals surface area contributed by atoms with Crippen LogP contribution in [0.25, 0.3) is 0 Å². The molecule has 0 radical (unpaired) electrons. The van der Waals surface area contributed by atoms with Crippen LogP contribution in [0.4, 0.5) is 24.5 Å². The van der Waals surface area contributed by atoms with Crippen molar-refractivity contribution in [2.45, 2.75) is 51.2 Å². The summed E-state index contributed by atoms with van der Waals surface area (Å²) in [5, 5.41) is 31.2. The fourth-order valence-electron chi connectivity index (χ4n) is 3.90. The number of alkyl halides is 3. The lowest BCUT2D eigenvalue weighted by molar-refractivity contribution is -0.388. The van der Waals surface area contributed by atoms with Crippen LogP contribution >= 0.6 is 0 Å². The van der Waals surface area contributed by atoms with E-state index in [1.807, 2.05) is 6.07 Å². The molecule has 0 atom stereocenters. The number of rotatable bonds is 4. The molecule has 2 aromatic rings. The van der Waals surface area contributed by atoms with Crippen molar-refractivity contribution in [2.75, 3.05) is 0 Å². The fourth-order valence-corrected chi connectivity index (χ4v) is 3.90. The largest absolute Gasteiger partial charge is 0.494 e. The topological polar surface area (TPSA) is 122 Å². The van der Waals surface area contributed by atoms with Crippen LogP contribution in [0.2, 0.25) is 0 Å². The van der Waals surface area contributed by atoms with E-state index in [0.29, 0.717) is 25.0 Å². The zero-order chi connectivity index (χ0) is 23.6. The molecule has 0 unspecified atom stereocenters. The fraction of sp³-hybridized carbons (Fsp3) is 0.381. The van der Waals surface area contributed by atoms with E-state index < -0.39 is 33.8 Å². The molecular formula is C21H19F3N4O4. The summed E-state index contributed by atoms with van der Waals surface area (Å²) in [5.41, 5.74) is -3.44. The maximum absolute atomic E-state index is 13.2. The first-order valence-corrected chi connectivity index (χ1v) is 9.84. The lowest BCUT2D eigenvalue weighted by Gasteiger charge is -2.26. The van der Waals surface area contributed by atoms with Gasteiger partial charge in [0.25, 0.3) is 11.2 Å². The molecular weight excluding hydrogens is 429 g/mol. The Kier molecular flexibility index (Phi) is 6.34. The summed E-state index contributed by atoms with van der Waals surface area (Å²) < 4.78 is 40.8. The van der Waals surface area contributed by atoms with Gasteiger partial charge in [0.15, 0.2) is 0 Å². The molecule has 1 aromatic carbocycles. The van der Waals surface area contributed by atoms with Gasteiger partial charge in [0.05, 0.1) is 16.2 Å². The van der Waals surface area contributed by atoms with Crippen LogP contribution in [0.15, 0.2) is 28.0 Å². The number of nitro groups is 1. The molecule has 1 aliphatic rings. The SMILES string of the molecule is Cc1c(C=Nc2ccc([N+](=O)[O-])c(C(F)(F)F)c2)c(O)n(C2CCCCC2)c(=O)c1C#N. The Morgan fingerprint density at radius 3 is 2.53 bits per heavy atom. The van der Waals surface area contributed by atoms with E-state index in [4.69, 9.17) is 0 Å². The summed E-state index contributed by atoms with van der Waals surface area (Å²) in [4.78, 5) is 26.5. The summed E-state index contributed by atoms with van der Waals surface area (Å²) in [6.07, 6.45) is 0.112. The number of hydrogen-bond acceptors (Lipinski definition) is 6. The molecule has 0 bridgehead atoms. The number of halogens is 3. The summed E-state index contributed by atoms with van der Waals surface area (Å²) >= 11 is 0. The molecule has 0 saturated heterocycles. The smallest absolute Gasteiger partial charge is 0.423 e. The van der Waals surface area contributed by atoms with E-state index >= 15 is 0 Å². The Morgan fingerprint density at radius 2 is 1.97 bits per heavy atom. The predicted molar refractivity (Wildman–Crippen MR) is 109 cm³/mol. The van der Waals surface area contributed by atoms with Crippen molar-refractivity contribution < 1.29 is 23.2 Å². The van der Waals surface area contributed by atoms with Crippen LogP contribution in [0.1, 0.15) is 60.4 Å². The molecule has 1 saturated carbocycles. The van der Waals surface area contributed by atoms with E-state index in [2.05, 4.69) is 4.99 Å².